The largest absolute Gasteiger partial charge is 0.356 e. The van der Waals surface area contributed by atoms with E-state index in [2.05, 4.69) is 30.7 Å². The number of nitrogens with one attached hydrogen (secondary N) is 2. The number of aromatic nitrogens is 3. The summed E-state index contributed by atoms with van der Waals surface area (Å²) in [7, 11) is 1.81. The SMILES string of the molecule is CN=C(NCCCc1nnc2ccccn12)NC1CCN(Cc2ccc(F)cc2)CC1.I. The van der Waals surface area contributed by atoms with Gasteiger partial charge in [-0.3, -0.25) is 14.3 Å². The fraction of sp³-hybridized carbons (Fsp3) is 0.435. The van der Waals surface area contributed by atoms with Crippen LogP contribution in [-0.4, -0.2) is 58.2 Å². The molecule has 172 valence electrons. The Morgan fingerprint density at radius 2 is 1.91 bits per heavy atom. The van der Waals surface area contributed by atoms with Gasteiger partial charge in [-0.05, 0) is 49.1 Å². The van der Waals surface area contributed by atoms with Crippen LogP contribution in [0, 0.1) is 5.82 Å². The number of pyridine rings is 1. The van der Waals surface area contributed by atoms with Crippen LogP contribution in [0.15, 0.2) is 53.7 Å². The first-order valence-electron chi connectivity index (χ1n) is 10.9. The van der Waals surface area contributed by atoms with E-state index in [-0.39, 0.29) is 29.8 Å². The highest BCUT2D eigenvalue weighted by Crippen LogP contribution is 2.14. The van der Waals surface area contributed by atoms with Crippen molar-refractivity contribution in [2.75, 3.05) is 26.7 Å². The van der Waals surface area contributed by atoms with Gasteiger partial charge in [-0.25, -0.2) is 4.39 Å². The lowest BCUT2D eigenvalue weighted by molar-refractivity contribution is 0.198. The molecule has 1 saturated heterocycles. The molecule has 7 nitrogen and oxygen atoms in total. The van der Waals surface area contributed by atoms with Gasteiger partial charge in [0.2, 0.25) is 0 Å². The maximum absolute atomic E-state index is 13.1. The minimum absolute atomic E-state index is 0. The Balaban J connectivity index is 0.00000289. The van der Waals surface area contributed by atoms with E-state index in [9.17, 15) is 4.39 Å². The van der Waals surface area contributed by atoms with Gasteiger partial charge in [0.05, 0.1) is 0 Å². The van der Waals surface area contributed by atoms with Crippen LogP contribution >= 0.6 is 24.0 Å². The predicted octanol–water partition coefficient (Wildman–Crippen LogP) is 3.25. The summed E-state index contributed by atoms with van der Waals surface area (Å²) >= 11 is 0. The van der Waals surface area contributed by atoms with Gasteiger partial charge in [0.1, 0.15) is 11.6 Å². The third kappa shape index (κ3) is 6.61. The summed E-state index contributed by atoms with van der Waals surface area (Å²) in [6, 6.07) is 13.1. The molecular formula is C23H31FIN7. The molecule has 1 aliphatic heterocycles. The zero-order chi connectivity index (χ0) is 21.5. The third-order valence-corrected chi connectivity index (χ3v) is 5.73. The zero-order valence-corrected chi connectivity index (χ0v) is 20.7. The summed E-state index contributed by atoms with van der Waals surface area (Å²) in [5, 5.41) is 15.4. The number of benzene rings is 1. The highest BCUT2D eigenvalue weighted by molar-refractivity contribution is 14.0. The Bertz CT molecular complexity index is 997. The monoisotopic (exact) mass is 551 g/mol. The van der Waals surface area contributed by atoms with Crippen molar-refractivity contribution in [3.63, 3.8) is 0 Å². The van der Waals surface area contributed by atoms with Crippen LogP contribution in [0.4, 0.5) is 4.39 Å². The van der Waals surface area contributed by atoms with Crippen LogP contribution in [0.1, 0.15) is 30.7 Å². The van der Waals surface area contributed by atoms with Gasteiger partial charge in [0.15, 0.2) is 11.6 Å². The number of rotatable bonds is 7. The molecule has 1 fully saturated rings. The standard InChI is InChI=1S/C23H30FN7.HI/c1-25-23(26-13-4-6-22-29-28-21-5-2-3-14-31(21)22)27-20-11-15-30(16-12-20)17-18-7-9-19(24)10-8-18;/h2-3,5,7-10,14,20H,4,6,11-13,15-17H2,1H3,(H2,25,26,27);1H. The van der Waals surface area contributed by atoms with Crippen molar-refractivity contribution in [1.82, 2.24) is 30.1 Å². The number of hydrogen-bond donors (Lipinski definition) is 2. The zero-order valence-electron chi connectivity index (χ0n) is 18.4. The Kier molecular flexibility index (Phi) is 9.22. The van der Waals surface area contributed by atoms with Crippen LogP contribution in [-0.2, 0) is 13.0 Å². The first-order valence-corrected chi connectivity index (χ1v) is 10.9. The normalized spacial score (nSPS) is 15.5. The number of fused-ring (bicyclic) bond motifs is 1. The minimum atomic E-state index is -0.180. The second-order valence-corrected chi connectivity index (χ2v) is 7.97. The van der Waals surface area contributed by atoms with Gasteiger partial charge >= 0.3 is 0 Å². The highest BCUT2D eigenvalue weighted by atomic mass is 127. The first-order chi connectivity index (χ1) is 15.2. The molecule has 0 amide bonds. The maximum atomic E-state index is 13.1. The average Bonchev–Trinajstić information content (AvgIpc) is 3.22. The van der Waals surface area contributed by atoms with Gasteiger partial charge < -0.3 is 10.6 Å². The Morgan fingerprint density at radius 1 is 1.12 bits per heavy atom. The summed E-state index contributed by atoms with van der Waals surface area (Å²) in [5.74, 6) is 1.65. The second kappa shape index (κ2) is 12.1. The van der Waals surface area contributed by atoms with E-state index >= 15 is 0 Å². The van der Waals surface area contributed by atoms with Crippen molar-refractivity contribution in [1.29, 1.82) is 0 Å². The molecule has 0 bridgehead atoms. The molecule has 0 unspecified atom stereocenters. The minimum Gasteiger partial charge on any atom is -0.356 e. The van der Waals surface area contributed by atoms with Crippen LogP contribution in [0.2, 0.25) is 0 Å². The Labute approximate surface area is 205 Å². The van der Waals surface area contributed by atoms with Crippen molar-refractivity contribution >= 4 is 35.6 Å². The lowest BCUT2D eigenvalue weighted by atomic mass is 10.0. The fourth-order valence-electron chi connectivity index (χ4n) is 3.99. The van der Waals surface area contributed by atoms with Crippen LogP contribution < -0.4 is 10.6 Å². The fourth-order valence-corrected chi connectivity index (χ4v) is 3.99. The summed E-state index contributed by atoms with van der Waals surface area (Å²) in [4.78, 5) is 6.79. The number of aryl methyl sites for hydroxylation is 1. The Morgan fingerprint density at radius 3 is 2.66 bits per heavy atom. The topological polar surface area (TPSA) is 69.8 Å². The number of piperidine rings is 1. The van der Waals surface area contributed by atoms with E-state index in [0.29, 0.717) is 6.04 Å². The molecule has 3 aromatic rings. The molecular weight excluding hydrogens is 520 g/mol. The molecule has 32 heavy (non-hydrogen) atoms. The van der Waals surface area contributed by atoms with Gasteiger partial charge in [0.25, 0.3) is 0 Å². The van der Waals surface area contributed by atoms with Crippen LogP contribution in [0.5, 0.6) is 0 Å². The van der Waals surface area contributed by atoms with Crippen molar-refractivity contribution in [3.8, 4) is 0 Å². The van der Waals surface area contributed by atoms with Crippen molar-refractivity contribution in [3.05, 3.63) is 65.9 Å². The molecule has 4 rings (SSSR count). The van der Waals surface area contributed by atoms with E-state index in [1.54, 1.807) is 0 Å². The lowest BCUT2D eigenvalue weighted by Gasteiger charge is -2.33. The molecule has 0 radical (unpaired) electrons. The van der Waals surface area contributed by atoms with Crippen molar-refractivity contribution < 1.29 is 4.39 Å². The predicted molar refractivity (Wildman–Crippen MR) is 136 cm³/mol. The van der Waals surface area contributed by atoms with Gasteiger partial charge in [0, 0.05) is 51.9 Å². The number of aliphatic imine (C=N–C) groups is 1. The number of nitrogens with zero attached hydrogens (tertiary/aromatic N) is 5. The molecule has 1 aliphatic rings. The number of hydrogen-bond acceptors (Lipinski definition) is 4. The van der Waals surface area contributed by atoms with Crippen LogP contribution in [0.25, 0.3) is 5.65 Å². The smallest absolute Gasteiger partial charge is 0.191 e. The molecule has 0 saturated carbocycles. The summed E-state index contributed by atoms with van der Waals surface area (Å²) < 4.78 is 15.1. The molecule has 3 heterocycles. The van der Waals surface area contributed by atoms with E-state index in [0.717, 1.165) is 74.9 Å². The summed E-state index contributed by atoms with van der Waals surface area (Å²) in [6.07, 6.45) is 5.94. The molecule has 0 aliphatic carbocycles. The van der Waals surface area contributed by atoms with E-state index < -0.39 is 0 Å². The number of halogens is 2. The lowest BCUT2D eigenvalue weighted by Crippen LogP contribution is -2.48. The molecule has 1 aromatic carbocycles. The second-order valence-electron chi connectivity index (χ2n) is 7.97. The summed E-state index contributed by atoms with van der Waals surface area (Å²) in [6.45, 7) is 3.74. The highest BCUT2D eigenvalue weighted by Gasteiger charge is 2.20. The average molecular weight is 551 g/mol. The Hall–Kier alpha value is -2.27. The molecule has 0 atom stereocenters. The molecule has 9 heteroatoms. The van der Waals surface area contributed by atoms with Gasteiger partial charge in [-0.15, -0.1) is 34.2 Å². The summed E-state index contributed by atoms with van der Waals surface area (Å²) in [5.41, 5.74) is 2.04. The molecule has 0 spiro atoms. The van der Waals surface area contributed by atoms with Gasteiger partial charge in [-0.1, -0.05) is 18.2 Å². The van der Waals surface area contributed by atoms with Crippen molar-refractivity contribution in [2.24, 2.45) is 4.99 Å². The third-order valence-electron chi connectivity index (χ3n) is 5.73. The number of guanidine groups is 1. The molecule has 2 aromatic heterocycles. The van der Waals surface area contributed by atoms with Crippen molar-refractivity contribution in [2.45, 2.75) is 38.3 Å². The quantitative estimate of drug-likeness (QED) is 0.204. The maximum Gasteiger partial charge on any atom is 0.191 e. The first kappa shape index (κ1) is 24.4. The van der Waals surface area contributed by atoms with E-state index in [1.807, 2.05) is 48.0 Å². The number of likely N-dealkylation sites (tertiary alicyclic amines) is 1. The molecule has 2 N–H and O–H groups in total. The van der Waals surface area contributed by atoms with E-state index in [1.165, 1.54) is 12.1 Å². The van der Waals surface area contributed by atoms with E-state index in [4.69, 9.17) is 0 Å². The van der Waals surface area contributed by atoms with Crippen LogP contribution in [0.3, 0.4) is 0 Å². The van der Waals surface area contributed by atoms with Gasteiger partial charge in [-0.2, -0.15) is 0 Å².